The molecule has 0 spiro atoms. The molecular weight excluding hydrogens is 272 g/mol. The molecule has 0 radical (unpaired) electrons. The quantitative estimate of drug-likeness (QED) is 0.489. The van der Waals surface area contributed by atoms with E-state index in [2.05, 4.69) is 11.8 Å². The Morgan fingerprint density at radius 2 is 1.68 bits per heavy atom. The van der Waals surface area contributed by atoms with Gasteiger partial charge < -0.3 is 0 Å². The molecule has 0 bridgehead atoms. The minimum absolute atomic E-state index is 0.192. The van der Waals surface area contributed by atoms with Crippen molar-refractivity contribution in [3.8, 4) is 11.8 Å². The van der Waals surface area contributed by atoms with Crippen molar-refractivity contribution in [3.05, 3.63) is 77.4 Å². The number of carbonyl (C=O) groups is 2. The van der Waals surface area contributed by atoms with Crippen LogP contribution in [0.3, 0.4) is 0 Å². The highest BCUT2D eigenvalue weighted by Crippen LogP contribution is 2.05. The van der Waals surface area contributed by atoms with Crippen molar-refractivity contribution < 1.29 is 9.59 Å². The minimum atomic E-state index is -0.373. The van der Waals surface area contributed by atoms with Gasteiger partial charge in [0, 0.05) is 5.56 Å². The van der Waals surface area contributed by atoms with E-state index in [1.54, 1.807) is 6.08 Å². The van der Waals surface area contributed by atoms with Crippen molar-refractivity contribution in [2.45, 2.75) is 13.3 Å². The molecule has 0 unspecified atom stereocenters. The number of hydrogen-bond acceptors (Lipinski definition) is 2. The zero-order valence-corrected chi connectivity index (χ0v) is 12.4. The third kappa shape index (κ3) is 5.22. The first-order valence-electron chi connectivity index (χ1n) is 7.01. The van der Waals surface area contributed by atoms with Crippen LogP contribution in [0.4, 0.5) is 0 Å². The minimum Gasteiger partial charge on any atom is -0.294 e. The summed E-state index contributed by atoms with van der Waals surface area (Å²) >= 11 is 0. The van der Waals surface area contributed by atoms with Gasteiger partial charge in [-0.1, -0.05) is 60.0 Å². The number of carbonyl (C=O) groups excluding carboxylic acids is 2. The molecule has 0 aliphatic heterocycles. The van der Waals surface area contributed by atoms with E-state index in [1.807, 2.05) is 61.5 Å². The van der Waals surface area contributed by atoms with Crippen LogP contribution in [0.2, 0.25) is 0 Å². The third-order valence-corrected chi connectivity index (χ3v) is 2.99. The van der Waals surface area contributed by atoms with Crippen molar-refractivity contribution in [1.29, 1.82) is 0 Å². The van der Waals surface area contributed by atoms with Gasteiger partial charge in [0.05, 0.1) is 6.42 Å². The van der Waals surface area contributed by atoms with Gasteiger partial charge in [-0.15, -0.1) is 0 Å². The van der Waals surface area contributed by atoms with Gasteiger partial charge in [-0.2, -0.15) is 0 Å². The second-order valence-electron chi connectivity index (χ2n) is 4.93. The van der Waals surface area contributed by atoms with Crippen molar-refractivity contribution in [2.24, 2.45) is 0 Å². The van der Waals surface area contributed by atoms with E-state index in [9.17, 15) is 9.59 Å². The van der Waals surface area contributed by atoms with Crippen LogP contribution in [0.25, 0.3) is 6.08 Å². The summed E-state index contributed by atoms with van der Waals surface area (Å²) in [5, 5.41) is 0. The Morgan fingerprint density at radius 1 is 1.00 bits per heavy atom. The van der Waals surface area contributed by atoms with Crippen molar-refractivity contribution in [1.82, 2.24) is 0 Å². The fraction of sp³-hybridized carbons (Fsp3) is 0.100. The Kier molecular flexibility index (Phi) is 5.45. The van der Waals surface area contributed by atoms with E-state index < -0.39 is 0 Å². The van der Waals surface area contributed by atoms with Crippen LogP contribution in [-0.4, -0.2) is 11.6 Å². The summed E-state index contributed by atoms with van der Waals surface area (Å²) in [7, 11) is 0. The Bertz CT molecular complexity index is 742. The maximum absolute atomic E-state index is 11.7. The summed E-state index contributed by atoms with van der Waals surface area (Å²) in [6.07, 6.45) is 2.94. The van der Waals surface area contributed by atoms with Gasteiger partial charge in [0.1, 0.15) is 0 Å². The van der Waals surface area contributed by atoms with E-state index in [-0.39, 0.29) is 18.0 Å². The van der Waals surface area contributed by atoms with Crippen molar-refractivity contribution in [3.63, 3.8) is 0 Å². The first kappa shape index (κ1) is 15.5. The second-order valence-corrected chi connectivity index (χ2v) is 4.93. The van der Waals surface area contributed by atoms with E-state index >= 15 is 0 Å². The summed E-state index contributed by atoms with van der Waals surface area (Å²) in [5.41, 5.74) is 2.86. The molecule has 2 aromatic carbocycles. The van der Waals surface area contributed by atoms with Crippen LogP contribution >= 0.6 is 0 Å². The maximum Gasteiger partial charge on any atom is 0.213 e. The number of allylic oxidation sites excluding steroid dienone is 1. The van der Waals surface area contributed by atoms with Crippen molar-refractivity contribution in [2.75, 3.05) is 0 Å². The maximum atomic E-state index is 11.7. The molecule has 0 atom stereocenters. The highest BCUT2D eigenvalue weighted by Gasteiger charge is 2.03. The average molecular weight is 288 g/mol. The highest BCUT2D eigenvalue weighted by molar-refractivity contribution is 6.12. The molecule has 0 aromatic heterocycles. The van der Waals surface area contributed by atoms with Gasteiger partial charge in [-0.3, -0.25) is 9.59 Å². The zero-order valence-electron chi connectivity index (χ0n) is 12.4. The topological polar surface area (TPSA) is 34.1 Å². The van der Waals surface area contributed by atoms with E-state index in [0.29, 0.717) is 0 Å². The fourth-order valence-corrected chi connectivity index (χ4v) is 1.79. The van der Waals surface area contributed by atoms with E-state index in [0.717, 1.165) is 16.7 Å². The SMILES string of the molecule is Cc1ccc(/C=C/C(=O)CC(=O)C#Cc2ccccc2)cc1. The highest BCUT2D eigenvalue weighted by atomic mass is 16.1. The van der Waals surface area contributed by atoms with Gasteiger partial charge in [0.25, 0.3) is 0 Å². The Morgan fingerprint density at radius 3 is 2.36 bits per heavy atom. The molecule has 0 aliphatic carbocycles. The van der Waals surface area contributed by atoms with Gasteiger partial charge in [0.15, 0.2) is 5.78 Å². The lowest BCUT2D eigenvalue weighted by Crippen LogP contribution is -2.02. The zero-order chi connectivity index (χ0) is 15.8. The van der Waals surface area contributed by atoms with Crippen LogP contribution in [0, 0.1) is 18.8 Å². The molecule has 0 amide bonds. The van der Waals surface area contributed by atoms with Gasteiger partial charge in [-0.25, -0.2) is 0 Å². The average Bonchev–Trinajstić information content (AvgIpc) is 2.53. The molecule has 0 saturated heterocycles. The number of Topliss-reactive ketones (excluding diaryl/α,β-unsaturated/α-hetero) is 1. The summed E-state index contributed by atoms with van der Waals surface area (Å²) in [4.78, 5) is 23.4. The normalized spacial score (nSPS) is 10.0. The Balaban J connectivity index is 1.90. The summed E-state index contributed by atoms with van der Waals surface area (Å²) < 4.78 is 0. The lowest BCUT2D eigenvalue weighted by atomic mass is 10.1. The van der Waals surface area contributed by atoms with Crippen molar-refractivity contribution >= 4 is 17.6 Å². The molecule has 2 rings (SSSR count). The monoisotopic (exact) mass is 288 g/mol. The summed E-state index contributed by atoms with van der Waals surface area (Å²) in [6, 6.07) is 17.0. The van der Waals surface area contributed by atoms with Crippen LogP contribution in [-0.2, 0) is 9.59 Å². The first-order valence-corrected chi connectivity index (χ1v) is 7.01. The summed E-state index contributed by atoms with van der Waals surface area (Å²) in [6.45, 7) is 2.00. The lowest BCUT2D eigenvalue weighted by Gasteiger charge is -1.94. The molecule has 2 nitrogen and oxygen atoms in total. The van der Waals surface area contributed by atoms with Gasteiger partial charge >= 0.3 is 0 Å². The molecule has 0 heterocycles. The molecular formula is C20H16O2. The van der Waals surface area contributed by atoms with Gasteiger partial charge in [-0.05, 0) is 36.6 Å². The predicted octanol–water partition coefficient (Wildman–Crippen LogP) is 3.59. The molecule has 0 saturated carbocycles. The molecule has 0 N–H and O–H groups in total. The van der Waals surface area contributed by atoms with E-state index in [4.69, 9.17) is 0 Å². The smallest absolute Gasteiger partial charge is 0.213 e. The number of ketones is 2. The first-order chi connectivity index (χ1) is 10.6. The Hall–Kier alpha value is -2.92. The molecule has 2 heteroatoms. The van der Waals surface area contributed by atoms with Crippen LogP contribution < -0.4 is 0 Å². The number of aryl methyl sites for hydroxylation is 1. The third-order valence-electron chi connectivity index (χ3n) is 2.99. The summed E-state index contributed by atoms with van der Waals surface area (Å²) in [5.74, 6) is 4.63. The van der Waals surface area contributed by atoms with Crippen LogP contribution in [0.1, 0.15) is 23.1 Å². The lowest BCUT2D eigenvalue weighted by molar-refractivity contribution is -0.121. The number of benzene rings is 2. The van der Waals surface area contributed by atoms with Crippen LogP contribution in [0.5, 0.6) is 0 Å². The van der Waals surface area contributed by atoms with Crippen LogP contribution in [0.15, 0.2) is 60.7 Å². The molecule has 22 heavy (non-hydrogen) atoms. The number of rotatable bonds is 4. The standard InChI is InChI=1S/C20H16O2/c1-16-7-9-18(10-8-16)12-14-20(22)15-19(21)13-11-17-5-3-2-4-6-17/h2-10,12,14H,15H2,1H3/b14-12+. The van der Waals surface area contributed by atoms with E-state index in [1.165, 1.54) is 6.08 Å². The molecule has 108 valence electrons. The fourth-order valence-electron chi connectivity index (χ4n) is 1.79. The second kappa shape index (κ2) is 7.75. The Labute approximate surface area is 130 Å². The molecule has 0 fully saturated rings. The molecule has 2 aromatic rings. The molecule has 0 aliphatic rings. The predicted molar refractivity (Wildman–Crippen MR) is 88.2 cm³/mol. The van der Waals surface area contributed by atoms with Gasteiger partial charge in [0.2, 0.25) is 5.78 Å². The number of hydrogen-bond donors (Lipinski definition) is 0. The largest absolute Gasteiger partial charge is 0.294 e.